The number of carbonyl (C=O) groups excluding carboxylic acids is 1. The molecule has 30 heavy (non-hydrogen) atoms. The number of carbonyl (C=O) groups is 1. The van der Waals surface area contributed by atoms with E-state index >= 15 is 0 Å². The Kier molecular flexibility index (Phi) is 7.24. The molecular weight excluding hydrogens is 404 g/mol. The van der Waals surface area contributed by atoms with Gasteiger partial charge in [0, 0.05) is 30.4 Å². The van der Waals surface area contributed by atoms with E-state index in [1.807, 2.05) is 55.5 Å². The molecular formula is C22H25ClN4O3. The Morgan fingerprint density at radius 2 is 1.53 bits per heavy atom. The van der Waals surface area contributed by atoms with Crippen molar-refractivity contribution in [1.82, 2.24) is 9.13 Å². The topological polar surface area (TPSA) is 103 Å². The van der Waals surface area contributed by atoms with Crippen LogP contribution in [-0.4, -0.2) is 28.0 Å². The zero-order valence-electron chi connectivity index (χ0n) is 17.1. The average Bonchev–Trinajstić information content (AvgIpc) is 2.94. The van der Waals surface area contributed by atoms with Gasteiger partial charge in [-0.05, 0) is 18.1 Å². The summed E-state index contributed by atoms with van der Waals surface area (Å²) in [6.07, 6.45) is 0.149. The lowest BCUT2D eigenvalue weighted by Gasteiger charge is -2.08. The number of nitrogen functional groups attached to an aromatic ring is 1. The van der Waals surface area contributed by atoms with Gasteiger partial charge in [0.25, 0.3) is 0 Å². The van der Waals surface area contributed by atoms with Crippen molar-refractivity contribution in [2.45, 2.75) is 19.9 Å². The number of nitrogens with zero attached hydrogens (tertiary/aromatic N) is 2. The minimum Gasteiger partial charge on any atom is -0.469 e. The Labute approximate surface area is 181 Å². The summed E-state index contributed by atoms with van der Waals surface area (Å²) in [6, 6.07) is 15.4. The lowest BCUT2D eigenvalue weighted by atomic mass is 10.0. The van der Waals surface area contributed by atoms with E-state index in [9.17, 15) is 9.59 Å². The molecule has 3 aromatic rings. The highest BCUT2D eigenvalue weighted by molar-refractivity contribution is 5.95. The molecule has 3 N–H and O–H groups in total. The van der Waals surface area contributed by atoms with E-state index in [0.717, 1.165) is 28.1 Å². The highest BCUT2D eigenvalue weighted by atomic mass is 35.5. The third-order valence-electron chi connectivity index (χ3n) is 5.06. The maximum absolute atomic E-state index is 12.6. The van der Waals surface area contributed by atoms with Gasteiger partial charge >= 0.3 is 11.7 Å². The fourth-order valence-electron chi connectivity index (χ4n) is 3.42. The van der Waals surface area contributed by atoms with Crippen molar-refractivity contribution >= 4 is 24.2 Å². The lowest BCUT2D eigenvalue weighted by Crippen LogP contribution is -2.24. The standard InChI is InChI=1S/C22H24N4O3.ClH/c1-14-20(25(2)22(28)26(14)13-12-19(27)29-3)17-8-4-15(5-9-17)16-6-10-18(11-7-16)21(23)24;/h4-11H,12-13H2,1-3H3,(H3,23,24);1H. The molecule has 1 aromatic heterocycles. The molecule has 0 amide bonds. The molecule has 0 atom stereocenters. The van der Waals surface area contributed by atoms with E-state index in [-0.39, 0.29) is 42.9 Å². The van der Waals surface area contributed by atoms with E-state index in [4.69, 9.17) is 11.1 Å². The molecule has 0 aliphatic carbocycles. The summed E-state index contributed by atoms with van der Waals surface area (Å²) in [6.45, 7) is 2.16. The van der Waals surface area contributed by atoms with Crippen LogP contribution < -0.4 is 11.4 Å². The number of halogens is 1. The van der Waals surface area contributed by atoms with Crippen LogP contribution in [0.15, 0.2) is 53.3 Å². The van der Waals surface area contributed by atoms with Gasteiger partial charge < -0.3 is 10.5 Å². The van der Waals surface area contributed by atoms with Crippen molar-refractivity contribution in [2.24, 2.45) is 12.8 Å². The van der Waals surface area contributed by atoms with Gasteiger partial charge in [-0.15, -0.1) is 12.4 Å². The third kappa shape index (κ3) is 4.46. The Balaban J connectivity index is 0.00000320. The van der Waals surface area contributed by atoms with E-state index in [1.165, 1.54) is 7.11 Å². The summed E-state index contributed by atoms with van der Waals surface area (Å²) in [5.41, 5.74) is 10.6. The molecule has 0 saturated heterocycles. The SMILES string of the molecule is COC(=O)CCn1c(C)c(-c2ccc(-c3ccc(C(=N)N)cc3)cc2)n(C)c1=O.Cl. The van der Waals surface area contributed by atoms with Crippen molar-refractivity contribution < 1.29 is 9.53 Å². The van der Waals surface area contributed by atoms with Crippen LogP contribution >= 0.6 is 12.4 Å². The molecule has 8 heteroatoms. The third-order valence-corrected chi connectivity index (χ3v) is 5.06. The minimum absolute atomic E-state index is 0. The molecule has 158 valence electrons. The predicted octanol–water partition coefficient (Wildman–Crippen LogP) is 3.10. The largest absolute Gasteiger partial charge is 0.469 e. The summed E-state index contributed by atoms with van der Waals surface area (Å²) in [7, 11) is 3.07. The fraction of sp³-hybridized carbons (Fsp3) is 0.227. The molecule has 0 aliphatic rings. The predicted molar refractivity (Wildman–Crippen MR) is 120 cm³/mol. The molecule has 1 heterocycles. The van der Waals surface area contributed by atoms with Crippen LogP contribution in [-0.2, 0) is 23.1 Å². The molecule has 0 spiro atoms. The van der Waals surface area contributed by atoms with Gasteiger partial charge in [0.1, 0.15) is 5.84 Å². The quantitative estimate of drug-likeness (QED) is 0.357. The van der Waals surface area contributed by atoms with E-state index < -0.39 is 0 Å². The highest BCUT2D eigenvalue weighted by Gasteiger charge is 2.17. The molecule has 0 unspecified atom stereocenters. The molecule has 0 aliphatic heterocycles. The van der Waals surface area contributed by atoms with Crippen molar-refractivity contribution in [3.63, 3.8) is 0 Å². The van der Waals surface area contributed by atoms with Crippen LogP contribution in [0.5, 0.6) is 0 Å². The number of methoxy groups -OCH3 is 1. The first-order valence-electron chi connectivity index (χ1n) is 9.21. The van der Waals surface area contributed by atoms with E-state index in [0.29, 0.717) is 5.56 Å². The summed E-state index contributed by atoms with van der Waals surface area (Å²) < 4.78 is 7.87. The first-order chi connectivity index (χ1) is 13.8. The number of imidazole rings is 1. The minimum atomic E-state index is -0.346. The second-order valence-corrected chi connectivity index (χ2v) is 6.82. The number of nitrogens with two attached hydrogens (primary N) is 1. The molecule has 0 saturated carbocycles. The molecule has 0 fully saturated rings. The number of esters is 1. The van der Waals surface area contributed by atoms with Crippen LogP contribution in [0.25, 0.3) is 22.4 Å². The maximum Gasteiger partial charge on any atom is 0.328 e. The van der Waals surface area contributed by atoms with Crippen molar-refractivity contribution in [2.75, 3.05) is 7.11 Å². The summed E-state index contributed by atoms with van der Waals surface area (Å²) >= 11 is 0. The zero-order valence-corrected chi connectivity index (χ0v) is 18.0. The highest BCUT2D eigenvalue weighted by Crippen LogP contribution is 2.26. The maximum atomic E-state index is 12.6. The number of nitrogens with one attached hydrogen (secondary N) is 1. The number of hydrogen-bond acceptors (Lipinski definition) is 4. The number of ether oxygens (including phenoxy) is 1. The lowest BCUT2D eigenvalue weighted by molar-refractivity contribution is -0.140. The molecule has 7 nitrogen and oxygen atoms in total. The van der Waals surface area contributed by atoms with Gasteiger partial charge in [0.2, 0.25) is 0 Å². The monoisotopic (exact) mass is 428 g/mol. The first kappa shape index (κ1) is 23.0. The van der Waals surface area contributed by atoms with Crippen LogP contribution in [0.2, 0.25) is 0 Å². The Bertz CT molecular complexity index is 1110. The number of rotatable bonds is 6. The molecule has 0 bridgehead atoms. The summed E-state index contributed by atoms with van der Waals surface area (Å²) in [5, 5.41) is 7.48. The van der Waals surface area contributed by atoms with Crippen LogP contribution in [0.4, 0.5) is 0 Å². The van der Waals surface area contributed by atoms with Crippen molar-refractivity contribution in [1.29, 1.82) is 5.41 Å². The van der Waals surface area contributed by atoms with Gasteiger partial charge in [-0.3, -0.25) is 19.3 Å². The van der Waals surface area contributed by atoms with Crippen LogP contribution in [0, 0.1) is 12.3 Å². The molecule has 3 rings (SSSR count). The van der Waals surface area contributed by atoms with Gasteiger partial charge in [0.15, 0.2) is 0 Å². The second-order valence-electron chi connectivity index (χ2n) is 6.82. The number of amidine groups is 1. The Morgan fingerprint density at radius 1 is 1.03 bits per heavy atom. The van der Waals surface area contributed by atoms with Crippen molar-refractivity contribution in [3.05, 3.63) is 70.3 Å². The van der Waals surface area contributed by atoms with Gasteiger partial charge in [-0.25, -0.2) is 4.79 Å². The van der Waals surface area contributed by atoms with Gasteiger partial charge in [-0.2, -0.15) is 0 Å². The number of hydrogen-bond donors (Lipinski definition) is 2. The molecule has 2 aromatic carbocycles. The first-order valence-corrected chi connectivity index (χ1v) is 9.21. The zero-order chi connectivity index (χ0) is 21.1. The normalized spacial score (nSPS) is 10.4. The Morgan fingerprint density at radius 3 is 2.03 bits per heavy atom. The number of aromatic nitrogens is 2. The second kappa shape index (κ2) is 9.45. The van der Waals surface area contributed by atoms with E-state index in [2.05, 4.69) is 4.74 Å². The fourth-order valence-corrected chi connectivity index (χ4v) is 3.42. The summed E-state index contributed by atoms with van der Waals surface area (Å²) in [4.78, 5) is 24.0. The average molecular weight is 429 g/mol. The van der Waals surface area contributed by atoms with Crippen LogP contribution in [0.3, 0.4) is 0 Å². The number of benzene rings is 2. The van der Waals surface area contributed by atoms with Gasteiger partial charge in [0.05, 0.1) is 19.2 Å². The molecule has 0 radical (unpaired) electrons. The van der Waals surface area contributed by atoms with Crippen molar-refractivity contribution in [3.8, 4) is 22.4 Å². The van der Waals surface area contributed by atoms with Gasteiger partial charge in [-0.1, -0.05) is 48.5 Å². The summed E-state index contributed by atoms with van der Waals surface area (Å²) in [5.74, 6) is -0.304. The smallest absolute Gasteiger partial charge is 0.328 e. The Hall–Kier alpha value is -3.32. The van der Waals surface area contributed by atoms with E-state index in [1.54, 1.807) is 16.2 Å². The van der Waals surface area contributed by atoms with Crippen LogP contribution in [0.1, 0.15) is 17.7 Å².